The van der Waals surface area contributed by atoms with Gasteiger partial charge in [-0.15, -0.1) is 0 Å². The zero-order valence-electron chi connectivity index (χ0n) is 9.09. The molecule has 14 heavy (non-hydrogen) atoms. The molecule has 2 N–H and O–H groups in total. The third kappa shape index (κ3) is 3.79. The van der Waals surface area contributed by atoms with Crippen LogP contribution in [0, 0.1) is 5.92 Å². The molecule has 2 nitrogen and oxygen atoms in total. The van der Waals surface area contributed by atoms with E-state index in [1.54, 1.807) is 0 Å². The molecule has 1 aliphatic heterocycles. The van der Waals surface area contributed by atoms with Crippen LogP contribution in [0.2, 0.25) is 0 Å². The molecule has 82 valence electrons. The number of rotatable bonds is 6. The second-order valence-electron chi connectivity index (χ2n) is 4.72. The van der Waals surface area contributed by atoms with Gasteiger partial charge in [0.1, 0.15) is 0 Å². The van der Waals surface area contributed by atoms with Gasteiger partial charge >= 0.3 is 0 Å². The highest BCUT2D eigenvalue weighted by atomic mass is 32.2. The summed E-state index contributed by atoms with van der Waals surface area (Å²) in [6.45, 7) is 4.66. The molecule has 0 amide bonds. The minimum absolute atomic E-state index is 0.640. The molecule has 2 unspecified atom stereocenters. The summed E-state index contributed by atoms with van der Waals surface area (Å²) >= 11 is 2.11. The third-order valence-corrected chi connectivity index (χ3v) is 4.30. The van der Waals surface area contributed by atoms with Crippen molar-refractivity contribution in [3.8, 4) is 0 Å². The molecule has 1 saturated heterocycles. The summed E-state index contributed by atoms with van der Waals surface area (Å²) in [6.07, 6.45) is 4.21. The maximum Gasteiger partial charge on any atom is 0.0164 e. The SMILES string of the molecule is CC(CNC1CC1)NCC1CCSC1. The second-order valence-corrected chi connectivity index (χ2v) is 5.87. The van der Waals surface area contributed by atoms with Crippen LogP contribution in [0.3, 0.4) is 0 Å². The van der Waals surface area contributed by atoms with Gasteiger partial charge in [0.2, 0.25) is 0 Å². The van der Waals surface area contributed by atoms with E-state index in [1.807, 2.05) is 0 Å². The van der Waals surface area contributed by atoms with Crippen molar-refractivity contribution in [2.45, 2.75) is 38.3 Å². The van der Waals surface area contributed by atoms with Crippen LogP contribution in [0.25, 0.3) is 0 Å². The first-order chi connectivity index (χ1) is 6.84. The molecule has 3 heteroatoms. The van der Waals surface area contributed by atoms with Crippen LogP contribution in [0.5, 0.6) is 0 Å². The number of nitrogens with one attached hydrogen (secondary N) is 2. The Morgan fingerprint density at radius 1 is 1.36 bits per heavy atom. The predicted molar refractivity (Wildman–Crippen MR) is 63.9 cm³/mol. The number of hydrogen-bond acceptors (Lipinski definition) is 3. The highest BCUT2D eigenvalue weighted by molar-refractivity contribution is 7.99. The van der Waals surface area contributed by atoms with Crippen molar-refractivity contribution in [1.82, 2.24) is 10.6 Å². The fourth-order valence-corrected chi connectivity index (χ4v) is 3.10. The molecule has 2 atom stereocenters. The maximum absolute atomic E-state index is 3.63. The van der Waals surface area contributed by atoms with E-state index >= 15 is 0 Å². The van der Waals surface area contributed by atoms with Crippen LogP contribution in [-0.2, 0) is 0 Å². The Labute approximate surface area is 91.6 Å². The molecule has 0 aromatic rings. The second kappa shape index (κ2) is 5.38. The molecular formula is C11H22N2S. The Hall–Kier alpha value is 0.270. The zero-order valence-corrected chi connectivity index (χ0v) is 9.91. The minimum Gasteiger partial charge on any atom is -0.313 e. The summed E-state index contributed by atoms with van der Waals surface area (Å²) < 4.78 is 0. The van der Waals surface area contributed by atoms with Crippen molar-refractivity contribution in [2.75, 3.05) is 24.6 Å². The Morgan fingerprint density at radius 3 is 2.86 bits per heavy atom. The van der Waals surface area contributed by atoms with E-state index in [0.29, 0.717) is 6.04 Å². The van der Waals surface area contributed by atoms with E-state index in [4.69, 9.17) is 0 Å². The van der Waals surface area contributed by atoms with Gasteiger partial charge < -0.3 is 10.6 Å². The zero-order chi connectivity index (χ0) is 9.80. The fraction of sp³-hybridized carbons (Fsp3) is 1.00. The van der Waals surface area contributed by atoms with Gasteiger partial charge in [0.15, 0.2) is 0 Å². The highest BCUT2D eigenvalue weighted by Gasteiger charge is 2.21. The van der Waals surface area contributed by atoms with Crippen molar-refractivity contribution in [1.29, 1.82) is 0 Å². The topological polar surface area (TPSA) is 24.1 Å². The van der Waals surface area contributed by atoms with Gasteiger partial charge in [-0.25, -0.2) is 0 Å². The monoisotopic (exact) mass is 214 g/mol. The molecular weight excluding hydrogens is 192 g/mol. The average molecular weight is 214 g/mol. The molecule has 0 aromatic heterocycles. The normalized spacial score (nSPS) is 29.4. The van der Waals surface area contributed by atoms with Crippen LogP contribution >= 0.6 is 11.8 Å². The van der Waals surface area contributed by atoms with E-state index in [9.17, 15) is 0 Å². The van der Waals surface area contributed by atoms with Crippen molar-refractivity contribution < 1.29 is 0 Å². The molecule has 2 rings (SSSR count). The quantitative estimate of drug-likeness (QED) is 0.700. The third-order valence-electron chi connectivity index (χ3n) is 3.07. The summed E-state index contributed by atoms with van der Waals surface area (Å²) in [7, 11) is 0. The summed E-state index contributed by atoms with van der Waals surface area (Å²) in [5, 5.41) is 7.20. The van der Waals surface area contributed by atoms with Crippen molar-refractivity contribution in [3.63, 3.8) is 0 Å². The van der Waals surface area contributed by atoms with Gasteiger partial charge in [0.25, 0.3) is 0 Å². The molecule has 0 spiro atoms. The van der Waals surface area contributed by atoms with E-state index in [1.165, 1.54) is 37.3 Å². The van der Waals surface area contributed by atoms with Gasteiger partial charge in [0, 0.05) is 18.6 Å². The van der Waals surface area contributed by atoms with Crippen LogP contribution in [0.1, 0.15) is 26.2 Å². The standard InChI is InChI=1S/C11H22N2S/c1-9(6-13-11-2-3-11)12-7-10-4-5-14-8-10/h9-13H,2-8H2,1H3. The molecule has 1 saturated carbocycles. The highest BCUT2D eigenvalue weighted by Crippen LogP contribution is 2.22. The van der Waals surface area contributed by atoms with Crippen molar-refractivity contribution in [3.05, 3.63) is 0 Å². The Balaban J connectivity index is 1.50. The van der Waals surface area contributed by atoms with Crippen molar-refractivity contribution in [2.24, 2.45) is 5.92 Å². The first-order valence-corrected chi connectivity index (χ1v) is 7.04. The lowest BCUT2D eigenvalue weighted by molar-refractivity contribution is 0.447. The van der Waals surface area contributed by atoms with Gasteiger partial charge in [-0.2, -0.15) is 11.8 Å². The van der Waals surface area contributed by atoms with E-state index in [0.717, 1.165) is 18.5 Å². The first kappa shape index (κ1) is 10.8. The number of thioether (sulfide) groups is 1. The fourth-order valence-electron chi connectivity index (χ4n) is 1.82. The maximum atomic E-state index is 3.63. The summed E-state index contributed by atoms with van der Waals surface area (Å²) in [5.74, 6) is 3.68. The Kier molecular flexibility index (Phi) is 4.14. The Bertz CT molecular complexity index is 165. The minimum atomic E-state index is 0.640. The largest absolute Gasteiger partial charge is 0.313 e. The molecule has 0 bridgehead atoms. The first-order valence-electron chi connectivity index (χ1n) is 5.89. The van der Waals surface area contributed by atoms with E-state index in [-0.39, 0.29) is 0 Å². The molecule has 1 aliphatic carbocycles. The number of hydrogen-bond donors (Lipinski definition) is 2. The molecule has 2 aliphatic rings. The summed E-state index contributed by atoms with van der Waals surface area (Å²) in [5.41, 5.74) is 0. The summed E-state index contributed by atoms with van der Waals surface area (Å²) in [4.78, 5) is 0. The molecule has 0 aromatic carbocycles. The van der Waals surface area contributed by atoms with Gasteiger partial charge in [0.05, 0.1) is 0 Å². The van der Waals surface area contributed by atoms with Crippen LogP contribution in [-0.4, -0.2) is 36.7 Å². The van der Waals surface area contributed by atoms with E-state index < -0.39 is 0 Å². The lowest BCUT2D eigenvalue weighted by Gasteiger charge is -2.17. The van der Waals surface area contributed by atoms with Crippen molar-refractivity contribution >= 4 is 11.8 Å². The smallest absolute Gasteiger partial charge is 0.0164 e. The lowest BCUT2D eigenvalue weighted by atomic mass is 10.1. The van der Waals surface area contributed by atoms with E-state index in [2.05, 4.69) is 29.3 Å². The van der Waals surface area contributed by atoms with Crippen LogP contribution < -0.4 is 10.6 Å². The van der Waals surface area contributed by atoms with Gasteiger partial charge in [-0.05, 0) is 50.2 Å². The summed E-state index contributed by atoms with van der Waals surface area (Å²) in [6, 6.07) is 1.49. The molecule has 2 fully saturated rings. The average Bonchev–Trinajstić information content (AvgIpc) is 2.87. The Morgan fingerprint density at radius 2 is 2.21 bits per heavy atom. The lowest BCUT2D eigenvalue weighted by Crippen LogP contribution is -2.39. The van der Waals surface area contributed by atoms with Crippen LogP contribution in [0.15, 0.2) is 0 Å². The molecule has 0 radical (unpaired) electrons. The van der Waals surface area contributed by atoms with Crippen LogP contribution in [0.4, 0.5) is 0 Å². The predicted octanol–water partition coefficient (Wildman–Crippen LogP) is 1.47. The van der Waals surface area contributed by atoms with Gasteiger partial charge in [-0.1, -0.05) is 0 Å². The molecule has 1 heterocycles. The van der Waals surface area contributed by atoms with Gasteiger partial charge in [-0.3, -0.25) is 0 Å².